The van der Waals surface area contributed by atoms with Crippen molar-refractivity contribution in [1.29, 1.82) is 0 Å². The van der Waals surface area contributed by atoms with Crippen LogP contribution in [0.1, 0.15) is 25.7 Å². The third kappa shape index (κ3) is 1.93. The van der Waals surface area contributed by atoms with E-state index >= 15 is 0 Å². The van der Waals surface area contributed by atoms with Crippen molar-refractivity contribution in [3.05, 3.63) is 0 Å². The van der Waals surface area contributed by atoms with Crippen molar-refractivity contribution in [2.45, 2.75) is 25.7 Å². The monoisotopic (exact) mass is 310 g/mol. The van der Waals surface area contributed by atoms with Gasteiger partial charge in [0.15, 0.2) is 0 Å². The Kier molecular flexibility index (Phi) is 3.97. The van der Waals surface area contributed by atoms with Gasteiger partial charge in [-0.15, -0.1) is 0 Å². The van der Waals surface area contributed by atoms with E-state index in [-0.39, 0.29) is 17.6 Å². The molecule has 1 saturated heterocycles. The summed E-state index contributed by atoms with van der Waals surface area (Å²) in [5.41, 5.74) is -1.11. The van der Waals surface area contributed by atoms with Crippen molar-refractivity contribution in [3.63, 3.8) is 0 Å². The second-order valence-corrected chi connectivity index (χ2v) is 6.55. The fourth-order valence-electron chi connectivity index (χ4n) is 4.98. The average molecular weight is 310 g/mol. The van der Waals surface area contributed by atoms with Crippen LogP contribution in [0.25, 0.3) is 0 Å². The van der Waals surface area contributed by atoms with Gasteiger partial charge < -0.3 is 14.2 Å². The molecule has 3 rings (SSSR count). The maximum atomic E-state index is 12.8. The summed E-state index contributed by atoms with van der Waals surface area (Å²) in [6.07, 6.45) is 2.26. The zero-order valence-corrected chi connectivity index (χ0v) is 13.0. The first-order chi connectivity index (χ1) is 10.6. The van der Waals surface area contributed by atoms with Gasteiger partial charge in [0, 0.05) is 12.3 Å². The molecule has 0 unspecified atom stereocenters. The van der Waals surface area contributed by atoms with E-state index in [0.717, 1.165) is 0 Å². The highest BCUT2D eigenvalue weighted by Crippen LogP contribution is 2.59. The number of Topliss-reactive ketones (excluding diaryl/α,β-unsaturated/α-hetero) is 1. The molecule has 2 aliphatic carbocycles. The molecule has 0 amide bonds. The SMILES string of the molecule is COC(=O)[C@H]1[C@H]2CCC(=O)[C@@H]3CC[C@H](COC2)[C@@]31C(=O)OC. The molecule has 1 heterocycles. The molecule has 0 spiro atoms. The predicted molar refractivity (Wildman–Crippen MR) is 74.7 cm³/mol. The van der Waals surface area contributed by atoms with Crippen LogP contribution in [0.15, 0.2) is 0 Å². The number of hydrogen-bond donors (Lipinski definition) is 0. The number of hydrogen-bond acceptors (Lipinski definition) is 6. The first-order valence-corrected chi connectivity index (χ1v) is 7.84. The van der Waals surface area contributed by atoms with Crippen molar-refractivity contribution in [3.8, 4) is 0 Å². The molecule has 2 bridgehead atoms. The van der Waals surface area contributed by atoms with E-state index in [1.54, 1.807) is 0 Å². The topological polar surface area (TPSA) is 78.9 Å². The van der Waals surface area contributed by atoms with Gasteiger partial charge in [-0.1, -0.05) is 0 Å². The smallest absolute Gasteiger partial charge is 0.313 e. The number of carbonyl (C=O) groups excluding carboxylic acids is 3. The van der Waals surface area contributed by atoms with Gasteiger partial charge in [-0.05, 0) is 31.1 Å². The minimum absolute atomic E-state index is 0.0752. The lowest BCUT2D eigenvalue weighted by molar-refractivity contribution is -0.176. The summed E-state index contributed by atoms with van der Waals surface area (Å²) in [6.45, 7) is 0.776. The van der Waals surface area contributed by atoms with E-state index in [9.17, 15) is 14.4 Å². The summed E-state index contributed by atoms with van der Waals surface area (Å²) in [7, 11) is 2.65. The molecule has 122 valence electrons. The fourth-order valence-corrected chi connectivity index (χ4v) is 4.98. The first-order valence-electron chi connectivity index (χ1n) is 7.84. The van der Waals surface area contributed by atoms with Gasteiger partial charge in [-0.2, -0.15) is 0 Å². The maximum Gasteiger partial charge on any atom is 0.313 e. The molecule has 5 atom stereocenters. The zero-order chi connectivity index (χ0) is 15.9. The molecule has 3 aliphatic rings. The summed E-state index contributed by atoms with van der Waals surface area (Å²) >= 11 is 0. The van der Waals surface area contributed by atoms with Crippen LogP contribution in [0.4, 0.5) is 0 Å². The van der Waals surface area contributed by atoms with Gasteiger partial charge >= 0.3 is 11.9 Å². The van der Waals surface area contributed by atoms with E-state index in [2.05, 4.69) is 0 Å². The summed E-state index contributed by atoms with van der Waals surface area (Å²) in [5, 5.41) is 0. The van der Waals surface area contributed by atoms with Gasteiger partial charge in [0.2, 0.25) is 0 Å². The molecule has 0 aromatic heterocycles. The Morgan fingerprint density at radius 3 is 2.59 bits per heavy atom. The van der Waals surface area contributed by atoms with Crippen molar-refractivity contribution in [2.24, 2.45) is 29.1 Å². The van der Waals surface area contributed by atoms with E-state index in [1.807, 2.05) is 0 Å². The van der Waals surface area contributed by atoms with Gasteiger partial charge in [0.25, 0.3) is 0 Å². The Hall–Kier alpha value is -1.43. The van der Waals surface area contributed by atoms with Crippen LogP contribution in [0, 0.1) is 29.1 Å². The lowest BCUT2D eigenvalue weighted by atomic mass is 9.60. The summed E-state index contributed by atoms with van der Waals surface area (Å²) < 4.78 is 15.8. The Morgan fingerprint density at radius 1 is 1.14 bits per heavy atom. The normalized spacial score (nSPS) is 40.5. The predicted octanol–water partition coefficient (Wildman–Crippen LogP) is 0.970. The van der Waals surface area contributed by atoms with Crippen LogP contribution >= 0.6 is 0 Å². The summed E-state index contributed by atoms with van der Waals surface area (Å²) in [6, 6.07) is 0. The third-order valence-corrected chi connectivity index (χ3v) is 5.84. The molecule has 3 fully saturated rings. The molecule has 22 heavy (non-hydrogen) atoms. The molecule has 2 saturated carbocycles. The van der Waals surface area contributed by atoms with Crippen LogP contribution in [0.2, 0.25) is 0 Å². The van der Waals surface area contributed by atoms with E-state index in [4.69, 9.17) is 14.2 Å². The van der Waals surface area contributed by atoms with Crippen molar-refractivity contribution < 1.29 is 28.6 Å². The first kappa shape index (κ1) is 15.5. The quantitative estimate of drug-likeness (QED) is 0.707. The van der Waals surface area contributed by atoms with Crippen molar-refractivity contribution >= 4 is 17.7 Å². The molecule has 0 aromatic rings. The lowest BCUT2D eigenvalue weighted by Gasteiger charge is -2.40. The Labute approximate surface area is 129 Å². The highest BCUT2D eigenvalue weighted by molar-refractivity contribution is 5.95. The average Bonchev–Trinajstić information content (AvgIpc) is 2.74. The molecular formula is C16H22O6. The Bertz CT molecular complexity index is 501. The number of ether oxygens (including phenoxy) is 3. The second-order valence-electron chi connectivity index (χ2n) is 6.55. The minimum atomic E-state index is -1.11. The summed E-state index contributed by atoms with van der Waals surface area (Å²) in [5.74, 6) is -2.26. The lowest BCUT2D eigenvalue weighted by Crippen LogP contribution is -2.53. The standard InChI is InChI=1S/C16H22O6/c1-20-14(18)13-9-3-6-12(17)11-5-4-10(8-22-7-9)16(11,13)15(19)21-2/h9-11,13H,3-8H2,1-2H3/t9-,10+,11-,13+,16+/m0/s1. The van der Waals surface area contributed by atoms with Crippen molar-refractivity contribution in [2.75, 3.05) is 27.4 Å². The molecule has 0 radical (unpaired) electrons. The van der Waals surface area contributed by atoms with Crippen molar-refractivity contribution in [1.82, 2.24) is 0 Å². The maximum absolute atomic E-state index is 12.8. The number of fused-ring (bicyclic) bond motifs is 1. The van der Waals surface area contributed by atoms with Crippen LogP contribution in [-0.4, -0.2) is 45.2 Å². The van der Waals surface area contributed by atoms with Crippen LogP contribution in [-0.2, 0) is 28.6 Å². The number of esters is 2. The molecule has 0 aromatic carbocycles. The minimum Gasteiger partial charge on any atom is -0.469 e. The van der Waals surface area contributed by atoms with Crippen LogP contribution in [0.3, 0.4) is 0 Å². The Balaban J connectivity index is 2.21. The van der Waals surface area contributed by atoms with Gasteiger partial charge in [0.05, 0.1) is 38.8 Å². The van der Waals surface area contributed by atoms with E-state index < -0.39 is 29.2 Å². The molecular weight excluding hydrogens is 288 g/mol. The molecule has 6 nitrogen and oxygen atoms in total. The zero-order valence-electron chi connectivity index (χ0n) is 13.0. The summed E-state index contributed by atoms with van der Waals surface area (Å²) in [4.78, 5) is 38.0. The number of carbonyl (C=O) groups is 3. The molecule has 1 aliphatic heterocycles. The van der Waals surface area contributed by atoms with Gasteiger partial charge in [-0.25, -0.2) is 0 Å². The molecule has 0 N–H and O–H groups in total. The highest BCUT2D eigenvalue weighted by Gasteiger charge is 2.68. The number of methoxy groups -OCH3 is 2. The largest absolute Gasteiger partial charge is 0.469 e. The molecule has 6 heteroatoms. The van der Waals surface area contributed by atoms with Crippen LogP contribution in [0.5, 0.6) is 0 Å². The van der Waals surface area contributed by atoms with Gasteiger partial charge in [-0.3, -0.25) is 14.4 Å². The van der Waals surface area contributed by atoms with Gasteiger partial charge in [0.1, 0.15) is 5.78 Å². The highest BCUT2D eigenvalue weighted by atomic mass is 16.5. The fraction of sp³-hybridized carbons (Fsp3) is 0.812. The number of rotatable bonds is 2. The Morgan fingerprint density at radius 2 is 1.91 bits per heavy atom. The van der Waals surface area contributed by atoms with Crippen LogP contribution < -0.4 is 0 Å². The third-order valence-electron chi connectivity index (χ3n) is 5.84. The van der Waals surface area contributed by atoms with E-state index in [1.165, 1.54) is 14.2 Å². The number of ketones is 1. The van der Waals surface area contributed by atoms with E-state index in [0.29, 0.717) is 38.9 Å². The second kappa shape index (κ2) is 5.65.